The first-order chi connectivity index (χ1) is 4.43. The van der Waals surface area contributed by atoms with Crippen molar-refractivity contribution in [3.63, 3.8) is 0 Å². The second kappa shape index (κ2) is 8.13. The fraction of sp³-hybridized carbons (Fsp3) is 0.571. The molecule has 1 aromatic heterocycles. The average Bonchev–Trinajstić information content (AvgIpc) is 2.34. The van der Waals surface area contributed by atoms with Crippen LogP contribution in [0.2, 0.25) is 0 Å². The average molecular weight is 191 g/mol. The van der Waals surface area contributed by atoms with Crippen LogP contribution in [0.4, 0.5) is 0 Å². The molecule has 0 fully saturated rings. The molecular formula is C7H16AlClN2. The summed E-state index contributed by atoms with van der Waals surface area (Å²) in [5.41, 5.74) is 0. The maximum Gasteiger partial charge on any atom is 0.187 e. The first-order valence-electron chi connectivity index (χ1n) is 3.39. The molecular weight excluding hydrogens is 175 g/mol. The Morgan fingerprint density at radius 2 is 2.18 bits per heavy atom. The molecule has 0 aliphatic heterocycles. The third-order valence-electron chi connectivity index (χ3n) is 1.33. The van der Waals surface area contributed by atoms with Crippen molar-refractivity contribution in [2.24, 2.45) is 0 Å². The SMILES string of the molecule is CCCCn1ccnc1.Cl.[AlH3]. The highest BCUT2D eigenvalue weighted by molar-refractivity contribution is 5.85. The molecule has 0 saturated heterocycles. The Labute approximate surface area is 84.6 Å². The number of halogens is 1. The van der Waals surface area contributed by atoms with Crippen molar-refractivity contribution in [1.29, 1.82) is 0 Å². The lowest BCUT2D eigenvalue weighted by Crippen LogP contribution is -1.92. The van der Waals surface area contributed by atoms with Gasteiger partial charge in [-0.05, 0) is 6.42 Å². The van der Waals surface area contributed by atoms with Gasteiger partial charge in [-0.25, -0.2) is 4.98 Å². The molecule has 0 atom stereocenters. The van der Waals surface area contributed by atoms with Crippen molar-refractivity contribution in [3.8, 4) is 0 Å². The maximum atomic E-state index is 3.94. The molecule has 0 bridgehead atoms. The van der Waals surface area contributed by atoms with Gasteiger partial charge < -0.3 is 4.57 Å². The van der Waals surface area contributed by atoms with Crippen LogP contribution in [-0.2, 0) is 6.54 Å². The minimum absolute atomic E-state index is 0. The molecule has 0 aromatic carbocycles. The lowest BCUT2D eigenvalue weighted by molar-refractivity contribution is 0.631. The molecule has 0 unspecified atom stereocenters. The lowest BCUT2D eigenvalue weighted by atomic mass is 10.3. The zero-order valence-corrected chi connectivity index (χ0v) is 6.97. The van der Waals surface area contributed by atoms with Crippen molar-refractivity contribution in [2.75, 3.05) is 0 Å². The highest BCUT2D eigenvalue weighted by Gasteiger charge is 1.85. The Hall–Kier alpha value is 0.0325. The predicted octanol–water partition coefficient (Wildman–Crippen LogP) is 0.921. The lowest BCUT2D eigenvalue weighted by Gasteiger charge is -1.96. The summed E-state index contributed by atoms with van der Waals surface area (Å²) in [5, 5.41) is 0. The van der Waals surface area contributed by atoms with E-state index in [0.29, 0.717) is 0 Å². The van der Waals surface area contributed by atoms with E-state index in [1.807, 2.05) is 18.7 Å². The Morgan fingerprint density at radius 3 is 2.64 bits per heavy atom. The number of hydrogen-bond acceptors (Lipinski definition) is 1. The van der Waals surface area contributed by atoms with Crippen molar-refractivity contribution in [3.05, 3.63) is 18.7 Å². The molecule has 0 saturated carbocycles. The van der Waals surface area contributed by atoms with Crippen molar-refractivity contribution in [2.45, 2.75) is 26.3 Å². The van der Waals surface area contributed by atoms with E-state index in [2.05, 4.69) is 16.5 Å². The normalized spacial score (nSPS) is 8.09. The number of rotatable bonds is 3. The molecule has 1 rings (SSSR count). The Kier molecular flexibility index (Phi) is 10.1. The summed E-state index contributed by atoms with van der Waals surface area (Å²) >= 11 is 0. The van der Waals surface area contributed by atoms with Gasteiger partial charge in [0.15, 0.2) is 17.4 Å². The summed E-state index contributed by atoms with van der Waals surface area (Å²) in [7, 11) is 0. The van der Waals surface area contributed by atoms with Crippen LogP contribution in [0.1, 0.15) is 19.8 Å². The molecule has 1 heterocycles. The maximum absolute atomic E-state index is 3.94. The minimum Gasteiger partial charge on any atom is -0.337 e. The summed E-state index contributed by atoms with van der Waals surface area (Å²) in [5.74, 6) is 0. The highest BCUT2D eigenvalue weighted by atomic mass is 35.5. The van der Waals surface area contributed by atoms with E-state index >= 15 is 0 Å². The fourth-order valence-corrected chi connectivity index (χ4v) is 0.760. The van der Waals surface area contributed by atoms with Crippen LogP contribution < -0.4 is 0 Å². The van der Waals surface area contributed by atoms with E-state index in [1.165, 1.54) is 12.8 Å². The second-order valence-corrected chi connectivity index (χ2v) is 2.15. The van der Waals surface area contributed by atoms with Gasteiger partial charge in [-0.2, -0.15) is 0 Å². The number of imidazole rings is 1. The zero-order valence-electron chi connectivity index (χ0n) is 6.16. The molecule has 0 aliphatic carbocycles. The van der Waals surface area contributed by atoms with E-state index in [4.69, 9.17) is 0 Å². The predicted molar refractivity (Wildman–Crippen MR) is 54.3 cm³/mol. The van der Waals surface area contributed by atoms with Crippen LogP contribution in [0.15, 0.2) is 18.7 Å². The topological polar surface area (TPSA) is 17.8 Å². The first-order valence-corrected chi connectivity index (χ1v) is 3.39. The van der Waals surface area contributed by atoms with Crippen molar-refractivity contribution < 1.29 is 0 Å². The smallest absolute Gasteiger partial charge is 0.187 e. The summed E-state index contributed by atoms with van der Waals surface area (Å²) in [4.78, 5) is 3.94. The monoisotopic (exact) mass is 190 g/mol. The second-order valence-electron chi connectivity index (χ2n) is 2.15. The van der Waals surface area contributed by atoms with Crippen molar-refractivity contribution >= 4 is 29.8 Å². The molecule has 11 heavy (non-hydrogen) atoms. The van der Waals surface area contributed by atoms with Gasteiger partial charge in [0.1, 0.15) is 0 Å². The van der Waals surface area contributed by atoms with Crippen LogP contribution in [0.5, 0.6) is 0 Å². The number of aryl methyl sites for hydroxylation is 1. The third kappa shape index (κ3) is 5.32. The van der Waals surface area contributed by atoms with Gasteiger partial charge in [0, 0.05) is 18.9 Å². The van der Waals surface area contributed by atoms with E-state index < -0.39 is 0 Å². The molecule has 0 N–H and O–H groups in total. The van der Waals surface area contributed by atoms with Gasteiger partial charge in [-0.15, -0.1) is 12.4 Å². The van der Waals surface area contributed by atoms with E-state index in [-0.39, 0.29) is 29.8 Å². The molecule has 0 radical (unpaired) electrons. The third-order valence-corrected chi connectivity index (χ3v) is 1.33. The number of nitrogens with zero attached hydrogens (tertiary/aromatic N) is 2. The first kappa shape index (κ1) is 13.6. The Balaban J connectivity index is 0. The van der Waals surface area contributed by atoms with E-state index in [9.17, 15) is 0 Å². The standard InChI is InChI=1S/C7H12N2.Al.ClH.3H/c1-2-3-5-9-6-4-8-7-9;;;;;/h4,6-7H,2-3,5H2,1H3;;1H;;;. The molecule has 0 spiro atoms. The number of unbranched alkanes of at least 4 members (excludes halogenated alkanes) is 1. The van der Waals surface area contributed by atoms with Crippen molar-refractivity contribution in [1.82, 2.24) is 9.55 Å². The van der Waals surface area contributed by atoms with Crippen LogP contribution >= 0.6 is 12.4 Å². The Morgan fingerprint density at radius 1 is 1.45 bits per heavy atom. The summed E-state index contributed by atoms with van der Waals surface area (Å²) in [6.07, 6.45) is 8.16. The molecule has 0 aliphatic rings. The Bertz CT molecular complexity index is 153. The summed E-state index contributed by atoms with van der Waals surface area (Å²) < 4.78 is 2.10. The van der Waals surface area contributed by atoms with Gasteiger partial charge in [-0.1, -0.05) is 13.3 Å². The zero-order chi connectivity index (χ0) is 6.53. The fourth-order valence-electron chi connectivity index (χ4n) is 0.760. The van der Waals surface area contributed by atoms with Crippen LogP contribution in [0, 0.1) is 0 Å². The molecule has 1 aromatic rings. The van der Waals surface area contributed by atoms with Gasteiger partial charge in [-0.3, -0.25) is 0 Å². The number of aromatic nitrogens is 2. The summed E-state index contributed by atoms with van der Waals surface area (Å²) in [6.45, 7) is 3.30. The molecule has 0 amide bonds. The van der Waals surface area contributed by atoms with Crippen LogP contribution in [0.3, 0.4) is 0 Å². The van der Waals surface area contributed by atoms with Gasteiger partial charge >= 0.3 is 0 Å². The van der Waals surface area contributed by atoms with Gasteiger partial charge in [0.2, 0.25) is 0 Å². The van der Waals surface area contributed by atoms with Crippen LogP contribution in [0.25, 0.3) is 0 Å². The minimum atomic E-state index is 0. The van der Waals surface area contributed by atoms with Gasteiger partial charge in [0.25, 0.3) is 0 Å². The van der Waals surface area contributed by atoms with E-state index in [0.717, 1.165) is 6.54 Å². The summed E-state index contributed by atoms with van der Waals surface area (Å²) in [6, 6.07) is 0. The molecule has 64 valence electrons. The highest BCUT2D eigenvalue weighted by Crippen LogP contribution is 1.92. The van der Waals surface area contributed by atoms with E-state index in [1.54, 1.807) is 0 Å². The number of hydrogen-bond donors (Lipinski definition) is 0. The molecule has 2 nitrogen and oxygen atoms in total. The van der Waals surface area contributed by atoms with Crippen LogP contribution in [-0.4, -0.2) is 26.9 Å². The molecule has 4 heteroatoms. The largest absolute Gasteiger partial charge is 0.337 e. The quantitative estimate of drug-likeness (QED) is 0.649. The van der Waals surface area contributed by atoms with Gasteiger partial charge in [0.05, 0.1) is 6.33 Å².